The van der Waals surface area contributed by atoms with Crippen LogP contribution in [0.1, 0.15) is 65.2 Å². The summed E-state index contributed by atoms with van der Waals surface area (Å²) in [6.07, 6.45) is 6.88. The number of hydrogen-bond acceptors (Lipinski definition) is 3. The fourth-order valence-electron chi connectivity index (χ4n) is 3.30. The van der Waals surface area contributed by atoms with E-state index in [0.717, 1.165) is 51.6 Å². The summed E-state index contributed by atoms with van der Waals surface area (Å²) >= 11 is 0. The highest BCUT2D eigenvalue weighted by molar-refractivity contribution is 5.81. The summed E-state index contributed by atoms with van der Waals surface area (Å²) in [6, 6.07) is 0.111. The highest BCUT2D eigenvalue weighted by Crippen LogP contribution is 2.32. The maximum atomic E-state index is 12.6. The Kier molecular flexibility index (Phi) is 8.46. The van der Waals surface area contributed by atoms with Crippen LogP contribution in [0.3, 0.4) is 0 Å². The van der Waals surface area contributed by atoms with Crippen molar-refractivity contribution in [2.45, 2.75) is 71.3 Å². The third-order valence-electron chi connectivity index (χ3n) is 4.39. The molecule has 1 saturated heterocycles. The SMILES string of the molecule is CC(C)CN1C(=O)[C@H](CCCCCCN)C[C@H]1CCC(=O)O. The molecule has 0 aromatic carbocycles. The highest BCUT2D eigenvalue weighted by atomic mass is 16.4. The molecule has 1 aliphatic rings. The van der Waals surface area contributed by atoms with E-state index in [1.807, 2.05) is 4.90 Å². The summed E-state index contributed by atoms with van der Waals surface area (Å²) in [5.41, 5.74) is 5.49. The van der Waals surface area contributed by atoms with Crippen molar-refractivity contribution >= 4 is 11.9 Å². The fourth-order valence-corrected chi connectivity index (χ4v) is 3.30. The van der Waals surface area contributed by atoms with Gasteiger partial charge in [-0.15, -0.1) is 0 Å². The Morgan fingerprint density at radius 1 is 1.27 bits per heavy atom. The molecule has 3 N–H and O–H groups in total. The number of amides is 1. The summed E-state index contributed by atoms with van der Waals surface area (Å²) < 4.78 is 0. The Balaban J connectivity index is 2.49. The molecule has 0 aliphatic carbocycles. The summed E-state index contributed by atoms with van der Waals surface area (Å²) in [4.78, 5) is 25.3. The van der Waals surface area contributed by atoms with Crippen LogP contribution >= 0.6 is 0 Å². The van der Waals surface area contributed by atoms with E-state index in [0.29, 0.717) is 12.3 Å². The van der Waals surface area contributed by atoms with Gasteiger partial charge in [0.2, 0.25) is 5.91 Å². The smallest absolute Gasteiger partial charge is 0.303 e. The predicted molar refractivity (Wildman–Crippen MR) is 87.5 cm³/mol. The molecule has 1 amide bonds. The first-order valence-corrected chi connectivity index (χ1v) is 8.68. The van der Waals surface area contributed by atoms with Gasteiger partial charge in [-0.05, 0) is 38.1 Å². The van der Waals surface area contributed by atoms with Gasteiger partial charge >= 0.3 is 5.97 Å². The molecule has 0 bridgehead atoms. The van der Waals surface area contributed by atoms with Gasteiger partial charge in [0.15, 0.2) is 0 Å². The molecule has 0 aromatic heterocycles. The van der Waals surface area contributed by atoms with Crippen LogP contribution in [-0.2, 0) is 9.59 Å². The lowest BCUT2D eigenvalue weighted by atomic mass is 9.96. The molecule has 1 heterocycles. The molecule has 0 aromatic rings. The van der Waals surface area contributed by atoms with E-state index in [9.17, 15) is 9.59 Å². The predicted octanol–water partition coefficient (Wildman–Crippen LogP) is 2.63. The van der Waals surface area contributed by atoms with E-state index < -0.39 is 5.97 Å². The zero-order valence-electron chi connectivity index (χ0n) is 14.1. The summed E-state index contributed by atoms with van der Waals surface area (Å²) in [5.74, 6) is -0.0277. The Labute approximate surface area is 134 Å². The molecule has 0 unspecified atom stereocenters. The Morgan fingerprint density at radius 2 is 1.95 bits per heavy atom. The molecule has 5 heteroatoms. The van der Waals surface area contributed by atoms with Crippen LogP contribution in [-0.4, -0.2) is 41.0 Å². The number of aliphatic carboxylic acids is 1. The van der Waals surface area contributed by atoms with Crippen LogP contribution in [0.2, 0.25) is 0 Å². The summed E-state index contributed by atoms with van der Waals surface area (Å²) in [7, 11) is 0. The van der Waals surface area contributed by atoms with Crippen molar-refractivity contribution in [3.05, 3.63) is 0 Å². The first kappa shape index (κ1) is 18.9. The average molecular weight is 312 g/mol. The second-order valence-electron chi connectivity index (χ2n) is 6.89. The van der Waals surface area contributed by atoms with E-state index in [2.05, 4.69) is 13.8 Å². The first-order valence-electron chi connectivity index (χ1n) is 8.68. The van der Waals surface area contributed by atoms with Gasteiger partial charge in [0.25, 0.3) is 0 Å². The van der Waals surface area contributed by atoms with Gasteiger partial charge in [0, 0.05) is 24.9 Å². The second kappa shape index (κ2) is 9.82. The zero-order valence-corrected chi connectivity index (χ0v) is 14.1. The standard InChI is InChI=1S/C17H32N2O3/c1-13(2)12-19-15(8-9-16(20)21)11-14(17(19)22)7-5-3-4-6-10-18/h13-15H,3-12,18H2,1-2H3,(H,20,21)/t14-,15-/m1/s1. The molecule has 2 atom stereocenters. The van der Waals surface area contributed by atoms with Crippen molar-refractivity contribution in [1.82, 2.24) is 4.90 Å². The largest absolute Gasteiger partial charge is 0.481 e. The number of unbranched alkanes of at least 4 members (excludes halogenated alkanes) is 3. The Morgan fingerprint density at radius 3 is 2.55 bits per heavy atom. The normalized spacial score (nSPS) is 21.8. The molecule has 0 saturated carbocycles. The van der Waals surface area contributed by atoms with Gasteiger partial charge in [-0.1, -0.05) is 33.1 Å². The van der Waals surface area contributed by atoms with E-state index >= 15 is 0 Å². The second-order valence-corrected chi connectivity index (χ2v) is 6.89. The summed E-state index contributed by atoms with van der Waals surface area (Å²) in [6.45, 7) is 5.68. The number of carbonyl (C=O) groups excluding carboxylic acids is 1. The van der Waals surface area contributed by atoms with Gasteiger partial charge in [-0.3, -0.25) is 9.59 Å². The molecular formula is C17H32N2O3. The minimum atomic E-state index is -0.776. The molecule has 1 rings (SSSR count). The number of carbonyl (C=O) groups is 2. The number of carboxylic acid groups (broad SMARTS) is 1. The van der Waals surface area contributed by atoms with E-state index in [1.54, 1.807) is 0 Å². The van der Waals surface area contributed by atoms with Crippen molar-refractivity contribution in [2.24, 2.45) is 17.6 Å². The molecule has 22 heavy (non-hydrogen) atoms. The van der Waals surface area contributed by atoms with Crippen molar-refractivity contribution in [1.29, 1.82) is 0 Å². The fraction of sp³-hybridized carbons (Fsp3) is 0.882. The van der Waals surface area contributed by atoms with Gasteiger partial charge in [0.1, 0.15) is 0 Å². The quantitative estimate of drug-likeness (QED) is 0.574. The lowest BCUT2D eigenvalue weighted by molar-refractivity contribution is -0.138. The van der Waals surface area contributed by atoms with Crippen LogP contribution in [0.4, 0.5) is 0 Å². The molecular weight excluding hydrogens is 280 g/mol. The van der Waals surface area contributed by atoms with Gasteiger partial charge in [0.05, 0.1) is 0 Å². The maximum absolute atomic E-state index is 12.6. The van der Waals surface area contributed by atoms with Crippen molar-refractivity contribution in [3.63, 3.8) is 0 Å². The van der Waals surface area contributed by atoms with Crippen LogP contribution in [0, 0.1) is 11.8 Å². The number of rotatable bonds is 11. The van der Waals surface area contributed by atoms with E-state index in [4.69, 9.17) is 10.8 Å². The molecule has 1 fully saturated rings. The monoisotopic (exact) mass is 312 g/mol. The lowest BCUT2D eigenvalue weighted by Crippen LogP contribution is -2.37. The van der Waals surface area contributed by atoms with E-state index in [-0.39, 0.29) is 24.3 Å². The van der Waals surface area contributed by atoms with E-state index in [1.165, 1.54) is 0 Å². The molecule has 128 valence electrons. The average Bonchev–Trinajstić information content (AvgIpc) is 2.73. The van der Waals surface area contributed by atoms with Crippen LogP contribution in [0.5, 0.6) is 0 Å². The maximum Gasteiger partial charge on any atom is 0.303 e. The topological polar surface area (TPSA) is 83.6 Å². The highest BCUT2D eigenvalue weighted by Gasteiger charge is 2.38. The zero-order chi connectivity index (χ0) is 16.5. The molecule has 5 nitrogen and oxygen atoms in total. The molecule has 1 aliphatic heterocycles. The van der Waals surface area contributed by atoms with Crippen molar-refractivity contribution in [2.75, 3.05) is 13.1 Å². The number of nitrogens with zero attached hydrogens (tertiary/aromatic N) is 1. The third-order valence-corrected chi connectivity index (χ3v) is 4.39. The third kappa shape index (κ3) is 6.34. The van der Waals surface area contributed by atoms with Crippen molar-refractivity contribution in [3.8, 4) is 0 Å². The Bertz CT molecular complexity index is 358. The number of likely N-dealkylation sites (tertiary alicyclic amines) is 1. The van der Waals surface area contributed by atoms with Gasteiger partial charge in [-0.25, -0.2) is 0 Å². The van der Waals surface area contributed by atoms with Gasteiger partial charge < -0.3 is 15.7 Å². The van der Waals surface area contributed by atoms with Crippen LogP contribution < -0.4 is 5.73 Å². The minimum Gasteiger partial charge on any atom is -0.481 e. The Hall–Kier alpha value is -1.10. The van der Waals surface area contributed by atoms with Crippen molar-refractivity contribution < 1.29 is 14.7 Å². The number of carboxylic acids is 1. The molecule has 0 spiro atoms. The minimum absolute atomic E-state index is 0.0930. The molecule has 0 radical (unpaired) electrons. The van der Waals surface area contributed by atoms with Crippen LogP contribution in [0.25, 0.3) is 0 Å². The van der Waals surface area contributed by atoms with Crippen LogP contribution in [0.15, 0.2) is 0 Å². The summed E-state index contributed by atoms with van der Waals surface area (Å²) in [5, 5.41) is 8.88. The number of hydrogen-bond donors (Lipinski definition) is 2. The lowest BCUT2D eigenvalue weighted by Gasteiger charge is -2.26. The number of nitrogens with two attached hydrogens (primary N) is 1. The van der Waals surface area contributed by atoms with Gasteiger partial charge in [-0.2, -0.15) is 0 Å². The first-order chi connectivity index (χ1) is 10.5.